The Hall–Kier alpha value is -1.71. The first-order valence-corrected chi connectivity index (χ1v) is 8.22. The summed E-state index contributed by atoms with van der Waals surface area (Å²) in [4.78, 5) is 20.6. The normalized spacial score (nSPS) is 17.3. The van der Waals surface area contributed by atoms with Crippen molar-refractivity contribution >= 4 is 33.3 Å². The molecule has 0 atom stereocenters. The molecule has 2 rings (SSSR count). The average molecular weight is 349 g/mol. The quantitative estimate of drug-likeness (QED) is 0.654. The Bertz CT molecular complexity index is 712. The molecule has 0 unspecified atom stereocenters. The van der Waals surface area contributed by atoms with E-state index in [1.165, 1.54) is 0 Å². The van der Waals surface area contributed by atoms with Gasteiger partial charge in [0.05, 0.1) is 15.9 Å². The predicted octanol–water partition coefficient (Wildman–Crippen LogP) is 1.73. The Kier molecular flexibility index (Phi) is 4.69. The van der Waals surface area contributed by atoms with Gasteiger partial charge >= 0.3 is 5.97 Å². The van der Waals surface area contributed by atoms with E-state index in [4.69, 9.17) is 16.7 Å². The number of sulfonamides is 1. The van der Waals surface area contributed by atoms with Crippen molar-refractivity contribution in [2.45, 2.75) is 17.7 Å². The minimum atomic E-state index is -3.99. The standard InChI is InChI=1S/C12H13ClN2O6S/c13-10-2-1-9(15(18)19)7-11(10)22(20,21)14-5-3-8(4-6-14)12(16)17/h1-2,7-8H,3-6H2,(H,16,17). The number of benzene rings is 1. The van der Waals surface area contributed by atoms with E-state index in [1.807, 2.05) is 0 Å². The first-order valence-electron chi connectivity index (χ1n) is 6.40. The van der Waals surface area contributed by atoms with Gasteiger partial charge in [0.15, 0.2) is 0 Å². The molecular formula is C12H13ClN2O6S. The van der Waals surface area contributed by atoms with Crippen LogP contribution in [0.25, 0.3) is 0 Å². The van der Waals surface area contributed by atoms with Gasteiger partial charge in [-0.2, -0.15) is 4.31 Å². The van der Waals surface area contributed by atoms with E-state index >= 15 is 0 Å². The molecule has 22 heavy (non-hydrogen) atoms. The van der Waals surface area contributed by atoms with Gasteiger partial charge in [-0.05, 0) is 18.9 Å². The molecule has 8 nitrogen and oxygen atoms in total. The van der Waals surface area contributed by atoms with Crippen LogP contribution in [0.15, 0.2) is 23.1 Å². The number of rotatable bonds is 4. The second-order valence-corrected chi connectivity index (χ2v) is 7.20. The summed E-state index contributed by atoms with van der Waals surface area (Å²) in [6.45, 7) is 0.0800. The van der Waals surface area contributed by atoms with Gasteiger partial charge in [0.25, 0.3) is 5.69 Å². The first kappa shape index (κ1) is 16.7. The highest BCUT2D eigenvalue weighted by molar-refractivity contribution is 7.89. The lowest BCUT2D eigenvalue weighted by molar-refractivity contribution is -0.385. The number of halogens is 1. The maximum absolute atomic E-state index is 12.5. The zero-order chi connectivity index (χ0) is 16.5. The summed E-state index contributed by atoms with van der Waals surface area (Å²) in [7, 11) is -3.99. The van der Waals surface area contributed by atoms with Gasteiger partial charge in [-0.15, -0.1) is 0 Å². The second-order valence-electron chi connectivity index (χ2n) is 4.89. The molecular weight excluding hydrogens is 336 g/mol. The third-order valence-electron chi connectivity index (χ3n) is 3.55. The Morgan fingerprint density at radius 2 is 1.95 bits per heavy atom. The lowest BCUT2D eigenvalue weighted by Gasteiger charge is -2.29. The molecule has 0 aromatic heterocycles. The van der Waals surface area contributed by atoms with Crippen molar-refractivity contribution in [3.8, 4) is 0 Å². The van der Waals surface area contributed by atoms with Crippen LogP contribution in [0.4, 0.5) is 5.69 Å². The number of nitrogens with zero attached hydrogens (tertiary/aromatic N) is 2. The molecule has 1 aromatic carbocycles. The second kappa shape index (κ2) is 6.19. The fourth-order valence-corrected chi connectivity index (χ4v) is 4.25. The Morgan fingerprint density at radius 1 is 1.36 bits per heavy atom. The number of carboxylic acid groups (broad SMARTS) is 1. The van der Waals surface area contributed by atoms with Gasteiger partial charge in [0, 0.05) is 25.2 Å². The van der Waals surface area contributed by atoms with Crippen LogP contribution in [0, 0.1) is 16.0 Å². The number of nitro benzene ring substituents is 1. The minimum absolute atomic E-state index is 0.0400. The lowest BCUT2D eigenvalue weighted by Crippen LogP contribution is -2.40. The molecule has 1 heterocycles. The number of hydrogen-bond donors (Lipinski definition) is 1. The largest absolute Gasteiger partial charge is 0.481 e. The number of piperidine rings is 1. The van der Waals surface area contributed by atoms with Crippen LogP contribution in [0.1, 0.15) is 12.8 Å². The highest BCUT2D eigenvalue weighted by atomic mass is 35.5. The van der Waals surface area contributed by atoms with Crippen LogP contribution in [0.2, 0.25) is 5.02 Å². The summed E-state index contributed by atoms with van der Waals surface area (Å²) in [5, 5.41) is 19.6. The average Bonchev–Trinajstić information content (AvgIpc) is 2.47. The monoisotopic (exact) mass is 348 g/mol. The van der Waals surface area contributed by atoms with Crippen molar-refractivity contribution in [3.63, 3.8) is 0 Å². The summed E-state index contributed by atoms with van der Waals surface area (Å²) >= 11 is 5.86. The fraction of sp³-hybridized carbons (Fsp3) is 0.417. The van der Waals surface area contributed by atoms with Crippen LogP contribution in [-0.2, 0) is 14.8 Å². The highest BCUT2D eigenvalue weighted by Gasteiger charge is 2.33. The number of carboxylic acids is 1. The van der Waals surface area contributed by atoms with Gasteiger partial charge in [0.2, 0.25) is 10.0 Å². The number of carbonyl (C=O) groups is 1. The van der Waals surface area contributed by atoms with Gasteiger partial charge in [0.1, 0.15) is 4.90 Å². The van der Waals surface area contributed by atoms with E-state index < -0.39 is 26.8 Å². The van der Waals surface area contributed by atoms with E-state index in [-0.39, 0.29) is 41.5 Å². The number of aliphatic carboxylic acids is 1. The Morgan fingerprint density at radius 3 is 2.45 bits per heavy atom. The van der Waals surface area contributed by atoms with Gasteiger partial charge in [-0.1, -0.05) is 11.6 Å². The highest BCUT2D eigenvalue weighted by Crippen LogP contribution is 2.31. The van der Waals surface area contributed by atoms with Crippen molar-refractivity contribution in [2.75, 3.05) is 13.1 Å². The van der Waals surface area contributed by atoms with E-state index in [1.54, 1.807) is 0 Å². The molecule has 0 radical (unpaired) electrons. The van der Waals surface area contributed by atoms with E-state index in [0.717, 1.165) is 22.5 Å². The SMILES string of the molecule is O=C(O)C1CCN(S(=O)(=O)c2cc([N+](=O)[O-])ccc2Cl)CC1. The molecule has 1 saturated heterocycles. The first-order chi connectivity index (χ1) is 10.2. The summed E-state index contributed by atoms with van der Waals surface area (Å²) in [6, 6.07) is 3.20. The zero-order valence-electron chi connectivity index (χ0n) is 11.3. The molecule has 1 aliphatic heterocycles. The molecule has 0 amide bonds. The topological polar surface area (TPSA) is 118 Å². The Balaban J connectivity index is 2.30. The molecule has 1 aromatic rings. The number of hydrogen-bond acceptors (Lipinski definition) is 5. The molecule has 1 aliphatic rings. The van der Waals surface area contributed by atoms with Crippen molar-refractivity contribution in [1.82, 2.24) is 4.31 Å². The maximum atomic E-state index is 12.5. The Labute approximate surface area is 131 Å². The summed E-state index contributed by atoms with van der Waals surface area (Å²) in [5.74, 6) is -1.53. The van der Waals surface area contributed by atoms with E-state index in [2.05, 4.69) is 0 Å². The third kappa shape index (κ3) is 3.21. The molecule has 1 N–H and O–H groups in total. The van der Waals surface area contributed by atoms with Gasteiger partial charge in [-0.25, -0.2) is 8.42 Å². The maximum Gasteiger partial charge on any atom is 0.306 e. The van der Waals surface area contributed by atoms with E-state index in [9.17, 15) is 23.3 Å². The molecule has 0 saturated carbocycles. The van der Waals surface area contributed by atoms with Crippen molar-refractivity contribution in [1.29, 1.82) is 0 Å². The molecule has 1 fully saturated rings. The van der Waals surface area contributed by atoms with Crippen LogP contribution in [0.3, 0.4) is 0 Å². The summed E-state index contributed by atoms with van der Waals surface area (Å²) < 4.78 is 26.2. The molecule has 0 aliphatic carbocycles. The number of nitro groups is 1. The van der Waals surface area contributed by atoms with Crippen LogP contribution in [0.5, 0.6) is 0 Å². The van der Waals surface area contributed by atoms with Crippen molar-refractivity contribution < 1.29 is 23.2 Å². The van der Waals surface area contributed by atoms with Crippen molar-refractivity contribution in [2.24, 2.45) is 5.92 Å². The molecule has 120 valence electrons. The summed E-state index contributed by atoms with van der Waals surface area (Å²) in [5.41, 5.74) is -0.372. The van der Waals surface area contributed by atoms with Crippen LogP contribution in [-0.4, -0.2) is 41.8 Å². The van der Waals surface area contributed by atoms with Gasteiger partial charge < -0.3 is 5.11 Å². The molecule has 10 heteroatoms. The fourth-order valence-electron chi connectivity index (χ4n) is 2.29. The number of non-ortho nitro benzene ring substituents is 1. The molecule has 0 spiro atoms. The van der Waals surface area contributed by atoms with Crippen LogP contribution < -0.4 is 0 Å². The smallest absolute Gasteiger partial charge is 0.306 e. The minimum Gasteiger partial charge on any atom is -0.481 e. The van der Waals surface area contributed by atoms with Gasteiger partial charge in [-0.3, -0.25) is 14.9 Å². The van der Waals surface area contributed by atoms with E-state index in [0.29, 0.717) is 0 Å². The third-order valence-corrected chi connectivity index (χ3v) is 5.93. The van der Waals surface area contributed by atoms with Crippen molar-refractivity contribution in [3.05, 3.63) is 33.3 Å². The molecule has 0 bridgehead atoms. The van der Waals surface area contributed by atoms with Crippen LogP contribution >= 0.6 is 11.6 Å². The lowest BCUT2D eigenvalue weighted by atomic mass is 9.99. The summed E-state index contributed by atoms with van der Waals surface area (Å²) in [6.07, 6.45) is 0.391. The zero-order valence-corrected chi connectivity index (χ0v) is 12.9. The predicted molar refractivity (Wildman–Crippen MR) is 77.2 cm³/mol.